The van der Waals surface area contributed by atoms with E-state index in [2.05, 4.69) is 64.1 Å². The van der Waals surface area contributed by atoms with E-state index < -0.39 is 0 Å². The Balaban J connectivity index is 3.22. The Morgan fingerprint density at radius 1 is 0.444 bits per heavy atom. The maximum absolute atomic E-state index is 6.23. The molecule has 0 bridgehead atoms. The second kappa shape index (κ2) is 5.97. The Hall–Kier alpha value is 1.94. The molecule has 0 aromatic heterocycles. The van der Waals surface area contributed by atoms with Gasteiger partial charge in [-0.25, -0.2) is 0 Å². The fraction of sp³-hybridized carbons (Fsp3) is 0. The molecule has 0 atom stereocenters. The van der Waals surface area contributed by atoms with Gasteiger partial charge in [-0.15, -0.1) is 0 Å². The van der Waals surface area contributed by atoms with Gasteiger partial charge in [-0.05, 0) is 0 Å². The molecule has 0 amide bonds. The van der Waals surface area contributed by atoms with Crippen LogP contribution >= 0.6 is 46.4 Å². The van der Waals surface area contributed by atoms with Crippen molar-refractivity contribution in [3.8, 4) is 0 Å². The van der Waals surface area contributed by atoms with Gasteiger partial charge in [0.15, 0.2) is 0 Å². The number of fused-ring (bicyclic) bond motifs is 1. The van der Waals surface area contributed by atoms with Gasteiger partial charge in [0, 0.05) is 0 Å². The van der Waals surface area contributed by atoms with Crippen molar-refractivity contribution in [2.24, 2.45) is 0 Å². The number of hydrogen-bond donors (Lipinski definition) is 0. The van der Waals surface area contributed by atoms with Crippen LogP contribution in [-0.2, 0) is 0 Å². The van der Waals surface area contributed by atoms with Crippen molar-refractivity contribution in [3.63, 3.8) is 0 Å². The van der Waals surface area contributed by atoms with Gasteiger partial charge in [0.25, 0.3) is 0 Å². The normalized spacial score (nSPS) is 11.3. The predicted octanol–water partition coefficient (Wildman–Crippen LogP) is -0.442. The molecule has 0 aliphatic rings. The Morgan fingerprint density at radius 2 is 0.611 bits per heavy atom. The Bertz CT molecular complexity index is 571. The quantitative estimate of drug-likeness (QED) is 0.371. The van der Waals surface area contributed by atoms with Crippen LogP contribution in [0.2, 0.25) is 20.1 Å². The standard InChI is InChI=1S/C10H4Cl4Se4/c11-3-5(13)9(17)2-1(7(3)15)8(16)4(12)6(14)10(2)18/h15-18H. The Labute approximate surface area is 157 Å². The van der Waals surface area contributed by atoms with Crippen molar-refractivity contribution >= 4 is 139 Å². The zero-order valence-electron chi connectivity index (χ0n) is 8.30. The molecule has 0 heterocycles. The van der Waals surface area contributed by atoms with Crippen LogP contribution in [0.15, 0.2) is 0 Å². The van der Waals surface area contributed by atoms with Gasteiger partial charge in [0.2, 0.25) is 0 Å². The van der Waals surface area contributed by atoms with Gasteiger partial charge in [-0.1, -0.05) is 0 Å². The molecule has 0 fully saturated rings. The van der Waals surface area contributed by atoms with Crippen LogP contribution in [-0.4, -0.2) is 64.1 Å². The molecule has 2 aromatic rings. The molecule has 0 aliphatic carbocycles. The molecule has 0 saturated heterocycles. The molecule has 96 valence electrons. The molecule has 2 aromatic carbocycles. The molecular weight excluding hydrogens is 578 g/mol. The van der Waals surface area contributed by atoms with E-state index in [0.29, 0.717) is 20.1 Å². The topological polar surface area (TPSA) is 0 Å². The van der Waals surface area contributed by atoms with Crippen molar-refractivity contribution in [1.82, 2.24) is 0 Å². The second-order valence-corrected chi connectivity index (χ2v) is 8.67. The van der Waals surface area contributed by atoms with Gasteiger partial charge in [-0.3, -0.25) is 0 Å². The molecule has 0 nitrogen and oxygen atoms in total. The fourth-order valence-electron chi connectivity index (χ4n) is 1.55. The number of rotatable bonds is 0. The van der Waals surface area contributed by atoms with E-state index in [0.717, 1.165) is 28.6 Å². The minimum absolute atomic E-state index is 0.525. The van der Waals surface area contributed by atoms with Crippen LogP contribution in [0, 0.1) is 0 Å². The number of hydrogen-bond acceptors (Lipinski definition) is 0. The summed E-state index contributed by atoms with van der Waals surface area (Å²) in [5.41, 5.74) is 0. The van der Waals surface area contributed by atoms with Gasteiger partial charge in [0.1, 0.15) is 0 Å². The first-order chi connectivity index (χ1) is 8.29. The molecule has 0 spiro atoms. The molecule has 0 radical (unpaired) electrons. The molecule has 2 rings (SSSR count). The van der Waals surface area contributed by atoms with E-state index in [-0.39, 0.29) is 0 Å². The van der Waals surface area contributed by atoms with Crippen molar-refractivity contribution in [1.29, 1.82) is 0 Å². The summed E-state index contributed by atoms with van der Waals surface area (Å²) in [4.78, 5) is 0. The van der Waals surface area contributed by atoms with Crippen molar-refractivity contribution in [2.75, 3.05) is 0 Å². The number of benzene rings is 2. The first-order valence-corrected chi connectivity index (χ1v) is 9.67. The summed E-state index contributed by atoms with van der Waals surface area (Å²) in [5, 5.41) is 4.03. The van der Waals surface area contributed by atoms with Crippen LogP contribution in [0.1, 0.15) is 0 Å². The molecule has 0 aliphatic heterocycles. The van der Waals surface area contributed by atoms with Crippen molar-refractivity contribution in [3.05, 3.63) is 20.1 Å². The summed E-state index contributed by atoms with van der Waals surface area (Å²) in [6, 6.07) is 0. The Morgan fingerprint density at radius 3 is 0.778 bits per heavy atom. The Kier molecular flexibility index (Phi) is 5.41. The summed E-state index contributed by atoms with van der Waals surface area (Å²) < 4.78 is 3.39. The monoisotopic (exact) mass is 584 g/mol. The molecule has 18 heavy (non-hydrogen) atoms. The second-order valence-electron chi connectivity index (χ2n) is 3.40. The van der Waals surface area contributed by atoms with Gasteiger partial charge < -0.3 is 0 Å². The SMILES string of the molecule is Clc1c(Cl)c([SeH])c2c([SeH])c(Cl)c(Cl)c([SeH])c2c1[SeH]. The van der Waals surface area contributed by atoms with Crippen molar-refractivity contribution < 1.29 is 0 Å². The summed E-state index contributed by atoms with van der Waals surface area (Å²) in [6.07, 6.45) is 0. The first kappa shape index (κ1) is 16.3. The van der Waals surface area contributed by atoms with E-state index in [9.17, 15) is 0 Å². The summed E-state index contributed by atoms with van der Waals surface area (Å²) in [6.45, 7) is 0. The van der Waals surface area contributed by atoms with Crippen LogP contribution < -0.4 is 17.8 Å². The van der Waals surface area contributed by atoms with Crippen LogP contribution in [0.5, 0.6) is 0 Å². The van der Waals surface area contributed by atoms with E-state index in [4.69, 9.17) is 46.4 Å². The fourth-order valence-corrected chi connectivity index (χ4v) is 6.53. The van der Waals surface area contributed by atoms with Gasteiger partial charge >= 0.3 is 159 Å². The maximum atomic E-state index is 6.23. The zero-order chi connectivity index (χ0) is 13.8. The summed E-state index contributed by atoms with van der Waals surface area (Å²) in [5.74, 6) is 0. The molecule has 8 heteroatoms. The van der Waals surface area contributed by atoms with Crippen LogP contribution in [0.3, 0.4) is 0 Å². The third kappa shape index (κ3) is 2.44. The minimum atomic E-state index is 0.525. The van der Waals surface area contributed by atoms with Crippen LogP contribution in [0.4, 0.5) is 0 Å². The average Bonchev–Trinajstić information content (AvgIpc) is 2.35. The van der Waals surface area contributed by atoms with Crippen molar-refractivity contribution in [2.45, 2.75) is 0 Å². The average molecular weight is 582 g/mol. The van der Waals surface area contributed by atoms with Gasteiger partial charge in [-0.2, -0.15) is 0 Å². The van der Waals surface area contributed by atoms with Crippen LogP contribution in [0.25, 0.3) is 10.8 Å². The third-order valence-electron chi connectivity index (χ3n) is 2.41. The van der Waals surface area contributed by atoms with E-state index in [1.54, 1.807) is 0 Å². The molecule has 0 N–H and O–H groups in total. The van der Waals surface area contributed by atoms with E-state index in [1.165, 1.54) is 0 Å². The van der Waals surface area contributed by atoms with Gasteiger partial charge in [0.05, 0.1) is 0 Å². The molecule has 0 unspecified atom stereocenters. The van der Waals surface area contributed by atoms with E-state index >= 15 is 0 Å². The first-order valence-electron chi connectivity index (χ1n) is 4.40. The molecule has 0 saturated carbocycles. The zero-order valence-corrected chi connectivity index (χ0v) is 18.8. The molecular formula is C10H4Cl4Se4. The van der Waals surface area contributed by atoms with E-state index in [1.807, 2.05) is 0 Å². The third-order valence-corrected chi connectivity index (χ3v) is 9.02. The number of halogens is 4. The predicted molar refractivity (Wildman–Crippen MR) is 91.1 cm³/mol. The summed E-state index contributed by atoms with van der Waals surface area (Å²) in [7, 11) is 0. The summed E-state index contributed by atoms with van der Waals surface area (Å²) >= 11 is 34.7.